The summed E-state index contributed by atoms with van der Waals surface area (Å²) in [5.41, 5.74) is 0. The van der Waals surface area contributed by atoms with E-state index in [0.717, 1.165) is 32.5 Å². The summed E-state index contributed by atoms with van der Waals surface area (Å²) in [6.07, 6.45) is 4.87. The van der Waals surface area contributed by atoms with Crippen LogP contribution in [0.1, 0.15) is 32.6 Å². The molecule has 0 bridgehead atoms. The number of ether oxygens (including phenoxy) is 1. The molecular weight excluding hydrogens is 204 g/mol. The normalized spacial score (nSPS) is 29.2. The second kappa shape index (κ2) is 5.64. The molecule has 0 atom stereocenters. The van der Waals surface area contributed by atoms with Gasteiger partial charge in [0.2, 0.25) is 5.91 Å². The lowest BCUT2D eigenvalue weighted by Gasteiger charge is -2.35. The van der Waals surface area contributed by atoms with Crippen LogP contribution in [-0.2, 0) is 9.53 Å². The lowest BCUT2D eigenvalue weighted by Crippen LogP contribution is -2.49. The Morgan fingerprint density at radius 3 is 2.69 bits per heavy atom. The number of amides is 1. The zero-order valence-electron chi connectivity index (χ0n) is 10.1. The van der Waals surface area contributed by atoms with Crippen LogP contribution in [0.4, 0.5) is 0 Å². The monoisotopic (exact) mass is 226 g/mol. The number of nitrogens with zero attached hydrogens (tertiary/aromatic N) is 1. The Balaban J connectivity index is 1.56. The molecular formula is C12H22N2O2. The molecule has 4 nitrogen and oxygen atoms in total. The quantitative estimate of drug-likeness (QED) is 0.752. The molecule has 92 valence electrons. The largest absolute Gasteiger partial charge is 0.378 e. The molecule has 1 heterocycles. The highest BCUT2D eigenvalue weighted by Gasteiger charge is 2.30. The van der Waals surface area contributed by atoms with Crippen molar-refractivity contribution in [2.24, 2.45) is 0 Å². The minimum Gasteiger partial charge on any atom is -0.378 e. The summed E-state index contributed by atoms with van der Waals surface area (Å²) in [6.45, 7) is 5.23. The highest BCUT2D eigenvalue weighted by molar-refractivity contribution is 5.78. The van der Waals surface area contributed by atoms with Crippen LogP contribution < -0.4 is 5.32 Å². The van der Waals surface area contributed by atoms with E-state index in [1.165, 1.54) is 12.8 Å². The summed E-state index contributed by atoms with van der Waals surface area (Å²) in [6, 6.07) is 0.489. The van der Waals surface area contributed by atoms with Crippen molar-refractivity contribution in [2.45, 2.75) is 44.8 Å². The first-order chi connectivity index (χ1) is 7.79. The number of rotatable bonds is 5. The molecule has 0 aromatic rings. The first-order valence-electron chi connectivity index (χ1n) is 6.42. The van der Waals surface area contributed by atoms with Gasteiger partial charge in [0.1, 0.15) is 0 Å². The maximum atomic E-state index is 11.7. The molecule has 0 radical (unpaired) electrons. The molecule has 2 aliphatic rings. The standard InChI is InChI=1S/C12H22N2O2/c1-2-16-11-7-10(8-11)13-9-12(15)14-5-3-4-6-14/h10-11,13H,2-9H2,1H3. The molecule has 0 aromatic heterocycles. The number of nitrogens with one attached hydrogen (secondary N) is 1. The van der Waals surface area contributed by atoms with E-state index in [2.05, 4.69) is 5.32 Å². The van der Waals surface area contributed by atoms with Crippen molar-refractivity contribution in [2.75, 3.05) is 26.2 Å². The molecule has 0 unspecified atom stereocenters. The van der Waals surface area contributed by atoms with Gasteiger partial charge in [0.15, 0.2) is 0 Å². The average molecular weight is 226 g/mol. The van der Waals surface area contributed by atoms with E-state index in [-0.39, 0.29) is 5.91 Å². The van der Waals surface area contributed by atoms with E-state index >= 15 is 0 Å². The third-order valence-electron chi connectivity index (χ3n) is 3.50. The minimum atomic E-state index is 0.261. The van der Waals surface area contributed by atoms with Crippen LogP contribution >= 0.6 is 0 Å². The average Bonchev–Trinajstić information content (AvgIpc) is 2.74. The van der Waals surface area contributed by atoms with Gasteiger partial charge in [0.05, 0.1) is 12.6 Å². The van der Waals surface area contributed by atoms with Crippen molar-refractivity contribution in [3.63, 3.8) is 0 Å². The van der Waals surface area contributed by atoms with Crippen LogP contribution in [0.25, 0.3) is 0 Å². The van der Waals surface area contributed by atoms with Crippen molar-refractivity contribution in [1.29, 1.82) is 0 Å². The Labute approximate surface area is 97.3 Å². The van der Waals surface area contributed by atoms with Crippen LogP contribution in [-0.4, -0.2) is 49.2 Å². The van der Waals surface area contributed by atoms with E-state index in [9.17, 15) is 4.79 Å². The summed E-state index contributed by atoms with van der Waals surface area (Å²) in [7, 11) is 0. The lowest BCUT2D eigenvalue weighted by molar-refractivity contribution is -0.129. The van der Waals surface area contributed by atoms with Crippen molar-refractivity contribution < 1.29 is 9.53 Å². The zero-order chi connectivity index (χ0) is 11.4. The van der Waals surface area contributed by atoms with Crippen LogP contribution in [0.2, 0.25) is 0 Å². The van der Waals surface area contributed by atoms with Crippen molar-refractivity contribution in [1.82, 2.24) is 10.2 Å². The summed E-state index contributed by atoms with van der Waals surface area (Å²) < 4.78 is 5.48. The summed E-state index contributed by atoms with van der Waals surface area (Å²) in [5.74, 6) is 0.261. The number of carbonyl (C=O) groups is 1. The molecule has 16 heavy (non-hydrogen) atoms. The highest BCUT2D eigenvalue weighted by Crippen LogP contribution is 2.23. The van der Waals surface area contributed by atoms with Gasteiger partial charge in [0, 0.05) is 25.7 Å². The summed E-state index contributed by atoms with van der Waals surface area (Å²) >= 11 is 0. The number of likely N-dealkylation sites (tertiary alicyclic amines) is 1. The van der Waals surface area contributed by atoms with Gasteiger partial charge in [0.25, 0.3) is 0 Å². The van der Waals surface area contributed by atoms with Gasteiger partial charge in [-0.3, -0.25) is 4.79 Å². The highest BCUT2D eigenvalue weighted by atomic mass is 16.5. The molecule has 4 heteroatoms. The van der Waals surface area contributed by atoms with Gasteiger partial charge in [-0.05, 0) is 32.6 Å². The van der Waals surface area contributed by atoms with E-state index in [1.54, 1.807) is 0 Å². The minimum absolute atomic E-state index is 0.261. The Morgan fingerprint density at radius 1 is 1.38 bits per heavy atom. The third kappa shape index (κ3) is 2.95. The lowest BCUT2D eigenvalue weighted by atomic mass is 9.89. The Morgan fingerprint density at radius 2 is 2.06 bits per heavy atom. The fourth-order valence-corrected chi connectivity index (χ4v) is 2.41. The fourth-order valence-electron chi connectivity index (χ4n) is 2.41. The van der Waals surface area contributed by atoms with Gasteiger partial charge < -0.3 is 15.0 Å². The second-order valence-corrected chi connectivity index (χ2v) is 4.71. The molecule has 0 aromatic carbocycles. The molecule has 1 N–H and O–H groups in total. The van der Waals surface area contributed by atoms with Gasteiger partial charge in [-0.1, -0.05) is 0 Å². The van der Waals surface area contributed by atoms with Crippen LogP contribution in [0.5, 0.6) is 0 Å². The zero-order valence-corrected chi connectivity index (χ0v) is 10.1. The maximum Gasteiger partial charge on any atom is 0.236 e. The van der Waals surface area contributed by atoms with Crippen LogP contribution in [0.15, 0.2) is 0 Å². The second-order valence-electron chi connectivity index (χ2n) is 4.71. The van der Waals surface area contributed by atoms with Gasteiger partial charge in [-0.2, -0.15) is 0 Å². The van der Waals surface area contributed by atoms with Crippen molar-refractivity contribution in [3.8, 4) is 0 Å². The van der Waals surface area contributed by atoms with Gasteiger partial charge in [-0.25, -0.2) is 0 Å². The SMILES string of the molecule is CCOC1CC(NCC(=O)N2CCCC2)C1. The summed E-state index contributed by atoms with van der Waals surface area (Å²) in [4.78, 5) is 13.7. The molecule has 0 spiro atoms. The van der Waals surface area contributed by atoms with Gasteiger partial charge in [-0.15, -0.1) is 0 Å². The number of carbonyl (C=O) groups excluding carboxylic acids is 1. The van der Waals surface area contributed by atoms with E-state index < -0.39 is 0 Å². The molecule has 2 fully saturated rings. The summed E-state index contributed by atoms with van der Waals surface area (Å²) in [5, 5.41) is 3.31. The van der Waals surface area contributed by atoms with Crippen molar-refractivity contribution >= 4 is 5.91 Å². The number of hydrogen-bond acceptors (Lipinski definition) is 3. The Hall–Kier alpha value is -0.610. The molecule has 1 saturated heterocycles. The topological polar surface area (TPSA) is 41.6 Å². The fraction of sp³-hybridized carbons (Fsp3) is 0.917. The first-order valence-corrected chi connectivity index (χ1v) is 6.42. The van der Waals surface area contributed by atoms with E-state index in [4.69, 9.17) is 4.74 Å². The van der Waals surface area contributed by atoms with Gasteiger partial charge >= 0.3 is 0 Å². The Bertz CT molecular complexity index is 233. The van der Waals surface area contributed by atoms with Crippen LogP contribution in [0, 0.1) is 0 Å². The third-order valence-corrected chi connectivity index (χ3v) is 3.50. The van der Waals surface area contributed by atoms with Crippen LogP contribution in [0.3, 0.4) is 0 Å². The van der Waals surface area contributed by atoms with E-state index in [0.29, 0.717) is 18.7 Å². The number of hydrogen-bond donors (Lipinski definition) is 1. The molecule has 1 aliphatic heterocycles. The molecule has 2 rings (SSSR count). The molecule has 1 saturated carbocycles. The predicted molar refractivity (Wildman–Crippen MR) is 62.3 cm³/mol. The Kier molecular flexibility index (Phi) is 4.18. The maximum absolute atomic E-state index is 11.7. The van der Waals surface area contributed by atoms with E-state index in [1.807, 2.05) is 11.8 Å². The smallest absolute Gasteiger partial charge is 0.236 e. The molecule has 1 amide bonds. The predicted octanol–water partition coefficient (Wildman–Crippen LogP) is 0.766. The molecule has 1 aliphatic carbocycles. The first kappa shape index (κ1) is 11.9. The van der Waals surface area contributed by atoms with Crippen molar-refractivity contribution in [3.05, 3.63) is 0 Å².